The van der Waals surface area contributed by atoms with E-state index in [1.54, 1.807) is 6.08 Å². The van der Waals surface area contributed by atoms with E-state index in [0.29, 0.717) is 6.42 Å². The van der Waals surface area contributed by atoms with E-state index >= 15 is 0 Å². The first-order valence-electron chi connectivity index (χ1n) is 7.60. The van der Waals surface area contributed by atoms with Crippen LogP contribution in [-0.2, 0) is 20.9 Å². The average Bonchev–Trinajstić information content (AvgIpc) is 2.59. The second kappa shape index (κ2) is 7.70. The molecule has 2 unspecified atom stereocenters. The van der Waals surface area contributed by atoms with Crippen LogP contribution in [0.2, 0.25) is 0 Å². The molecule has 126 valence electrons. The van der Waals surface area contributed by atoms with E-state index in [-0.39, 0.29) is 18.8 Å². The van der Waals surface area contributed by atoms with Crippen molar-refractivity contribution in [2.45, 2.75) is 31.1 Å². The van der Waals surface area contributed by atoms with Crippen LogP contribution in [0.3, 0.4) is 0 Å². The van der Waals surface area contributed by atoms with Gasteiger partial charge in [0.2, 0.25) is 5.91 Å². The van der Waals surface area contributed by atoms with Crippen molar-refractivity contribution in [3.05, 3.63) is 60.8 Å². The number of ketones is 1. The molecular weight excluding hydrogens is 306 g/mol. The number of primary amides is 1. The smallest absolute Gasteiger partial charge is 0.248 e. The molecule has 0 aromatic heterocycles. The highest BCUT2D eigenvalue weighted by molar-refractivity contribution is 6.02. The fourth-order valence-corrected chi connectivity index (χ4v) is 2.80. The molecule has 0 bridgehead atoms. The fourth-order valence-electron chi connectivity index (χ4n) is 2.80. The molecule has 1 heterocycles. The standard InChI is InChI=1S/C18H21N3O3/c1-3-4-11-18(17(19)23)16(15(22)10-12-21(18)20-2)24-13-14-8-6-5-7-9-14/h3,5-10,12,16H,1-2,4,11,13H2,(H2,19,23). The van der Waals surface area contributed by atoms with Crippen LogP contribution in [0.4, 0.5) is 0 Å². The third kappa shape index (κ3) is 3.28. The summed E-state index contributed by atoms with van der Waals surface area (Å²) in [6, 6.07) is 9.39. The Morgan fingerprint density at radius 2 is 2.12 bits per heavy atom. The van der Waals surface area contributed by atoms with Crippen molar-refractivity contribution in [1.29, 1.82) is 0 Å². The second-order valence-corrected chi connectivity index (χ2v) is 5.50. The van der Waals surface area contributed by atoms with Crippen molar-refractivity contribution in [2.75, 3.05) is 0 Å². The van der Waals surface area contributed by atoms with Gasteiger partial charge < -0.3 is 10.5 Å². The lowest BCUT2D eigenvalue weighted by Gasteiger charge is -2.44. The Hall–Kier alpha value is -2.73. The molecule has 0 spiro atoms. The number of benzene rings is 1. The SMILES string of the molecule is C=CCCC1(C(N)=O)C(OCc2ccccc2)C(=O)C=CN1N=C. The molecule has 6 heteroatoms. The summed E-state index contributed by atoms with van der Waals surface area (Å²) in [7, 11) is 0. The Balaban J connectivity index is 2.36. The van der Waals surface area contributed by atoms with E-state index in [1.807, 2.05) is 30.3 Å². The van der Waals surface area contributed by atoms with Gasteiger partial charge in [0, 0.05) is 19.0 Å². The number of allylic oxidation sites excluding steroid dienone is 1. The molecule has 1 aromatic carbocycles. The zero-order valence-corrected chi connectivity index (χ0v) is 13.4. The van der Waals surface area contributed by atoms with E-state index < -0.39 is 17.6 Å². The van der Waals surface area contributed by atoms with Crippen LogP contribution in [0, 0.1) is 0 Å². The van der Waals surface area contributed by atoms with Gasteiger partial charge in [0.05, 0.1) is 6.61 Å². The highest BCUT2D eigenvalue weighted by Crippen LogP contribution is 2.33. The van der Waals surface area contributed by atoms with Gasteiger partial charge in [0.1, 0.15) is 0 Å². The Bertz CT molecular complexity index is 657. The number of carbonyl (C=O) groups excluding carboxylic acids is 2. The van der Waals surface area contributed by atoms with Crippen LogP contribution < -0.4 is 5.73 Å². The highest BCUT2D eigenvalue weighted by atomic mass is 16.5. The lowest BCUT2D eigenvalue weighted by atomic mass is 9.81. The summed E-state index contributed by atoms with van der Waals surface area (Å²) in [5.74, 6) is -1.01. The Labute approximate surface area is 141 Å². The maximum atomic E-state index is 12.4. The fraction of sp³-hybridized carbons (Fsp3) is 0.278. The molecule has 1 aromatic rings. The Kier molecular flexibility index (Phi) is 5.65. The normalized spacial score (nSPS) is 23.1. The molecule has 1 aliphatic rings. The molecule has 2 rings (SSSR count). The number of hydrogen-bond acceptors (Lipinski definition) is 5. The number of nitrogens with two attached hydrogens (primary N) is 1. The maximum absolute atomic E-state index is 12.4. The number of rotatable bonds is 8. The van der Waals surface area contributed by atoms with Gasteiger partial charge in [-0.05, 0) is 18.4 Å². The maximum Gasteiger partial charge on any atom is 0.248 e. The molecule has 24 heavy (non-hydrogen) atoms. The molecule has 0 saturated carbocycles. The largest absolute Gasteiger partial charge is 0.367 e. The third-order valence-corrected chi connectivity index (χ3v) is 4.05. The summed E-state index contributed by atoms with van der Waals surface area (Å²) >= 11 is 0. The number of hydrazone groups is 1. The van der Waals surface area contributed by atoms with Gasteiger partial charge in [-0.25, -0.2) is 0 Å². The zero-order chi connectivity index (χ0) is 17.6. The van der Waals surface area contributed by atoms with Gasteiger partial charge in [-0.15, -0.1) is 6.58 Å². The molecular formula is C18H21N3O3. The first-order valence-corrected chi connectivity index (χ1v) is 7.60. The topological polar surface area (TPSA) is 85.0 Å². The van der Waals surface area contributed by atoms with E-state index in [0.717, 1.165) is 5.56 Å². The molecule has 0 aliphatic carbocycles. The summed E-state index contributed by atoms with van der Waals surface area (Å²) in [5.41, 5.74) is 5.13. The van der Waals surface area contributed by atoms with Crippen molar-refractivity contribution in [1.82, 2.24) is 5.01 Å². The van der Waals surface area contributed by atoms with Crippen LogP contribution in [0.5, 0.6) is 0 Å². The molecule has 2 atom stereocenters. The van der Waals surface area contributed by atoms with Gasteiger partial charge in [-0.3, -0.25) is 14.6 Å². The molecule has 1 aliphatic heterocycles. The minimum Gasteiger partial charge on any atom is -0.367 e. The van der Waals surface area contributed by atoms with E-state index in [2.05, 4.69) is 18.4 Å². The molecule has 6 nitrogen and oxygen atoms in total. The first kappa shape index (κ1) is 17.6. The molecule has 2 N–H and O–H groups in total. The van der Waals surface area contributed by atoms with E-state index in [9.17, 15) is 9.59 Å². The minimum absolute atomic E-state index is 0.180. The molecule has 0 radical (unpaired) electrons. The van der Waals surface area contributed by atoms with Gasteiger partial charge in [-0.1, -0.05) is 36.4 Å². The lowest BCUT2D eigenvalue weighted by Crippen LogP contribution is -2.65. The summed E-state index contributed by atoms with van der Waals surface area (Å²) in [6.45, 7) is 7.32. The number of nitrogens with zero attached hydrogens (tertiary/aromatic N) is 2. The van der Waals surface area contributed by atoms with Gasteiger partial charge in [0.25, 0.3) is 0 Å². The zero-order valence-electron chi connectivity index (χ0n) is 13.4. The molecule has 1 amide bonds. The summed E-state index contributed by atoms with van der Waals surface area (Å²) < 4.78 is 5.82. The van der Waals surface area contributed by atoms with Gasteiger partial charge in [-0.2, -0.15) is 5.10 Å². The molecule has 0 fully saturated rings. The monoisotopic (exact) mass is 327 g/mol. The number of hydrogen-bond donors (Lipinski definition) is 1. The van der Waals surface area contributed by atoms with E-state index in [1.165, 1.54) is 17.3 Å². The number of carbonyl (C=O) groups is 2. The van der Waals surface area contributed by atoms with Crippen LogP contribution in [0.1, 0.15) is 18.4 Å². The number of amides is 1. The third-order valence-electron chi connectivity index (χ3n) is 4.05. The second-order valence-electron chi connectivity index (χ2n) is 5.50. The Morgan fingerprint density at radius 3 is 2.71 bits per heavy atom. The van der Waals surface area contributed by atoms with Crippen molar-refractivity contribution in [3.8, 4) is 0 Å². The summed E-state index contributed by atoms with van der Waals surface area (Å²) in [6.07, 6.45) is 4.04. The average molecular weight is 327 g/mol. The van der Waals surface area contributed by atoms with Crippen LogP contribution in [-0.4, -0.2) is 35.1 Å². The summed E-state index contributed by atoms with van der Waals surface area (Å²) in [4.78, 5) is 24.7. The predicted molar refractivity (Wildman–Crippen MR) is 91.9 cm³/mol. The molecule has 0 saturated heterocycles. The number of ether oxygens (including phenoxy) is 1. The van der Waals surface area contributed by atoms with Crippen LogP contribution in [0.15, 0.2) is 60.4 Å². The lowest BCUT2D eigenvalue weighted by molar-refractivity contribution is -0.154. The van der Waals surface area contributed by atoms with Crippen molar-refractivity contribution in [2.24, 2.45) is 10.8 Å². The van der Waals surface area contributed by atoms with Crippen molar-refractivity contribution in [3.63, 3.8) is 0 Å². The van der Waals surface area contributed by atoms with Crippen molar-refractivity contribution < 1.29 is 14.3 Å². The van der Waals surface area contributed by atoms with Crippen LogP contribution >= 0.6 is 0 Å². The Morgan fingerprint density at radius 1 is 1.42 bits per heavy atom. The summed E-state index contributed by atoms with van der Waals surface area (Å²) in [5, 5.41) is 5.16. The predicted octanol–water partition coefficient (Wildman–Crippen LogP) is 1.78. The van der Waals surface area contributed by atoms with Crippen LogP contribution in [0.25, 0.3) is 0 Å². The van der Waals surface area contributed by atoms with Crippen molar-refractivity contribution >= 4 is 18.4 Å². The highest BCUT2D eigenvalue weighted by Gasteiger charge is 2.53. The van der Waals surface area contributed by atoms with Gasteiger partial charge >= 0.3 is 0 Å². The quantitative estimate of drug-likeness (QED) is 0.582. The minimum atomic E-state index is -1.42. The van der Waals surface area contributed by atoms with E-state index in [4.69, 9.17) is 10.5 Å². The first-order chi connectivity index (χ1) is 11.6. The van der Waals surface area contributed by atoms with Gasteiger partial charge in [0.15, 0.2) is 17.4 Å².